The fourth-order valence-corrected chi connectivity index (χ4v) is 2.48. The van der Waals surface area contributed by atoms with Gasteiger partial charge in [-0.2, -0.15) is 0 Å². The van der Waals surface area contributed by atoms with Crippen molar-refractivity contribution < 1.29 is 4.79 Å². The molecule has 1 aliphatic heterocycles. The average Bonchev–Trinajstić information content (AvgIpc) is 2.42. The minimum absolute atomic E-state index is 0.188. The average molecular weight is 291 g/mol. The van der Waals surface area contributed by atoms with E-state index in [2.05, 4.69) is 18.9 Å². The standard InChI is InChI=1S/C15H21N3OS/c1-11-10-18(8-7-17(11)2)14(19)9-12-3-5-13(6-4-12)15(16)20/h3-6,11H,7-10H2,1-2H3,(H2,16,20). The predicted molar refractivity (Wildman–Crippen MR) is 84.7 cm³/mol. The lowest BCUT2D eigenvalue weighted by Crippen LogP contribution is -2.52. The quantitative estimate of drug-likeness (QED) is 0.845. The number of benzene rings is 1. The Morgan fingerprint density at radius 2 is 2.00 bits per heavy atom. The highest BCUT2D eigenvalue weighted by molar-refractivity contribution is 7.80. The van der Waals surface area contributed by atoms with Crippen LogP contribution in [-0.2, 0) is 11.2 Å². The van der Waals surface area contributed by atoms with Crippen LogP contribution in [0.3, 0.4) is 0 Å². The third-order valence-electron chi connectivity index (χ3n) is 3.91. The Hall–Kier alpha value is -1.46. The molecule has 4 nitrogen and oxygen atoms in total. The zero-order valence-electron chi connectivity index (χ0n) is 12.0. The van der Waals surface area contributed by atoms with Crippen LogP contribution in [0, 0.1) is 0 Å². The van der Waals surface area contributed by atoms with Crippen molar-refractivity contribution in [3.8, 4) is 0 Å². The second kappa shape index (κ2) is 6.33. The molecule has 0 saturated carbocycles. The van der Waals surface area contributed by atoms with Gasteiger partial charge in [0, 0.05) is 31.2 Å². The Morgan fingerprint density at radius 1 is 1.35 bits per heavy atom. The van der Waals surface area contributed by atoms with Crippen molar-refractivity contribution >= 4 is 23.1 Å². The highest BCUT2D eigenvalue weighted by atomic mass is 32.1. The Kier molecular flexibility index (Phi) is 4.73. The summed E-state index contributed by atoms with van der Waals surface area (Å²) in [6.07, 6.45) is 0.439. The van der Waals surface area contributed by atoms with Crippen LogP contribution in [0.4, 0.5) is 0 Å². The Balaban J connectivity index is 1.96. The van der Waals surface area contributed by atoms with Crippen LogP contribution < -0.4 is 5.73 Å². The summed E-state index contributed by atoms with van der Waals surface area (Å²) >= 11 is 4.92. The number of thiocarbonyl (C=S) groups is 1. The summed E-state index contributed by atoms with van der Waals surface area (Å²) in [4.78, 5) is 16.9. The van der Waals surface area contributed by atoms with E-state index in [1.165, 1.54) is 0 Å². The number of nitrogens with zero attached hydrogens (tertiary/aromatic N) is 2. The van der Waals surface area contributed by atoms with Crippen molar-refractivity contribution in [3.63, 3.8) is 0 Å². The molecule has 1 fully saturated rings. The van der Waals surface area contributed by atoms with E-state index in [1.807, 2.05) is 29.2 Å². The number of likely N-dealkylation sites (N-methyl/N-ethyl adjacent to an activating group) is 1. The third kappa shape index (κ3) is 3.55. The molecule has 20 heavy (non-hydrogen) atoms. The second-order valence-electron chi connectivity index (χ2n) is 5.41. The summed E-state index contributed by atoms with van der Waals surface area (Å²) in [6.45, 7) is 4.70. The zero-order valence-corrected chi connectivity index (χ0v) is 12.8. The molecule has 108 valence electrons. The summed E-state index contributed by atoms with van der Waals surface area (Å²) in [7, 11) is 2.10. The molecule has 1 aromatic rings. The summed E-state index contributed by atoms with van der Waals surface area (Å²) < 4.78 is 0. The normalized spacial score (nSPS) is 19.9. The van der Waals surface area contributed by atoms with E-state index >= 15 is 0 Å². The Morgan fingerprint density at radius 3 is 2.55 bits per heavy atom. The van der Waals surface area contributed by atoms with Gasteiger partial charge in [0.1, 0.15) is 4.99 Å². The van der Waals surface area contributed by atoms with Gasteiger partial charge >= 0.3 is 0 Å². The first-order chi connectivity index (χ1) is 9.47. The van der Waals surface area contributed by atoms with Gasteiger partial charge in [-0.25, -0.2) is 0 Å². The van der Waals surface area contributed by atoms with E-state index in [9.17, 15) is 4.79 Å². The summed E-state index contributed by atoms with van der Waals surface area (Å²) in [6, 6.07) is 8.01. The number of carbonyl (C=O) groups is 1. The van der Waals surface area contributed by atoms with Crippen LogP contribution in [0.5, 0.6) is 0 Å². The fourth-order valence-electron chi connectivity index (χ4n) is 2.35. The van der Waals surface area contributed by atoms with Crippen molar-refractivity contribution in [1.82, 2.24) is 9.80 Å². The molecule has 1 saturated heterocycles. The van der Waals surface area contributed by atoms with E-state index < -0.39 is 0 Å². The SMILES string of the molecule is CC1CN(C(=O)Cc2ccc(C(N)=S)cc2)CCN1C. The van der Waals surface area contributed by atoms with E-state index in [-0.39, 0.29) is 5.91 Å². The molecule has 1 amide bonds. The van der Waals surface area contributed by atoms with Crippen LogP contribution in [-0.4, -0.2) is 53.4 Å². The van der Waals surface area contributed by atoms with Gasteiger partial charge in [0.15, 0.2) is 0 Å². The van der Waals surface area contributed by atoms with Crippen LogP contribution in [0.2, 0.25) is 0 Å². The number of amides is 1. The first kappa shape index (κ1) is 14.9. The molecule has 1 heterocycles. The monoisotopic (exact) mass is 291 g/mol. The van der Waals surface area contributed by atoms with Crippen molar-refractivity contribution in [2.45, 2.75) is 19.4 Å². The first-order valence-corrected chi connectivity index (χ1v) is 7.25. The van der Waals surface area contributed by atoms with Gasteiger partial charge in [-0.05, 0) is 19.5 Å². The largest absolute Gasteiger partial charge is 0.389 e. The molecule has 2 rings (SSSR count). The zero-order chi connectivity index (χ0) is 14.7. The number of hydrogen-bond acceptors (Lipinski definition) is 3. The number of hydrogen-bond donors (Lipinski definition) is 1. The molecule has 0 spiro atoms. The maximum Gasteiger partial charge on any atom is 0.227 e. The number of carbonyl (C=O) groups excluding carboxylic acids is 1. The number of nitrogens with two attached hydrogens (primary N) is 1. The molecule has 1 aliphatic rings. The van der Waals surface area contributed by atoms with Crippen molar-refractivity contribution in [3.05, 3.63) is 35.4 Å². The van der Waals surface area contributed by atoms with E-state index in [0.717, 1.165) is 30.8 Å². The minimum Gasteiger partial charge on any atom is -0.389 e. The van der Waals surface area contributed by atoms with Crippen LogP contribution in [0.15, 0.2) is 24.3 Å². The molecular formula is C15H21N3OS. The van der Waals surface area contributed by atoms with Gasteiger partial charge < -0.3 is 15.5 Å². The molecule has 1 atom stereocenters. The Labute approximate surface area is 125 Å². The summed E-state index contributed by atoms with van der Waals surface area (Å²) in [5.41, 5.74) is 7.40. The van der Waals surface area contributed by atoms with E-state index in [0.29, 0.717) is 17.5 Å². The topological polar surface area (TPSA) is 49.6 Å². The van der Waals surface area contributed by atoms with Gasteiger partial charge in [0.05, 0.1) is 6.42 Å². The molecule has 0 aromatic heterocycles. The fraction of sp³-hybridized carbons (Fsp3) is 0.467. The smallest absolute Gasteiger partial charge is 0.227 e. The highest BCUT2D eigenvalue weighted by Crippen LogP contribution is 2.11. The lowest BCUT2D eigenvalue weighted by molar-refractivity contribution is -0.133. The molecule has 0 radical (unpaired) electrons. The molecule has 1 aromatic carbocycles. The van der Waals surface area contributed by atoms with Gasteiger partial charge in [-0.15, -0.1) is 0 Å². The van der Waals surface area contributed by atoms with Gasteiger partial charge in [-0.1, -0.05) is 36.5 Å². The van der Waals surface area contributed by atoms with Gasteiger partial charge in [-0.3, -0.25) is 4.79 Å². The van der Waals surface area contributed by atoms with Crippen molar-refractivity contribution in [1.29, 1.82) is 0 Å². The molecule has 2 N–H and O–H groups in total. The molecule has 0 bridgehead atoms. The molecule has 0 aliphatic carbocycles. The van der Waals surface area contributed by atoms with Crippen LogP contribution in [0.1, 0.15) is 18.1 Å². The third-order valence-corrected chi connectivity index (χ3v) is 4.14. The molecule has 5 heteroatoms. The van der Waals surface area contributed by atoms with Gasteiger partial charge in [0.25, 0.3) is 0 Å². The summed E-state index contributed by atoms with van der Waals surface area (Å²) in [5.74, 6) is 0.188. The van der Waals surface area contributed by atoms with Crippen molar-refractivity contribution in [2.75, 3.05) is 26.7 Å². The highest BCUT2D eigenvalue weighted by Gasteiger charge is 2.24. The van der Waals surface area contributed by atoms with Crippen LogP contribution in [0.25, 0.3) is 0 Å². The van der Waals surface area contributed by atoms with Gasteiger partial charge in [0.2, 0.25) is 5.91 Å². The maximum absolute atomic E-state index is 12.3. The lowest BCUT2D eigenvalue weighted by Gasteiger charge is -2.37. The first-order valence-electron chi connectivity index (χ1n) is 6.84. The summed E-state index contributed by atoms with van der Waals surface area (Å²) in [5, 5.41) is 0. The Bertz CT molecular complexity index is 500. The van der Waals surface area contributed by atoms with Crippen molar-refractivity contribution in [2.24, 2.45) is 5.73 Å². The number of rotatable bonds is 3. The van der Waals surface area contributed by atoms with Crippen LogP contribution >= 0.6 is 12.2 Å². The maximum atomic E-state index is 12.3. The lowest BCUT2D eigenvalue weighted by atomic mass is 10.1. The van der Waals surface area contributed by atoms with E-state index in [1.54, 1.807) is 0 Å². The molecular weight excluding hydrogens is 270 g/mol. The van der Waals surface area contributed by atoms with E-state index in [4.69, 9.17) is 18.0 Å². The molecule has 1 unspecified atom stereocenters. The minimum atomic E-state index is 0.188. The number of piperazine rings is 1. The predicted octanol–water partition coefficient (Wildman–Crippen LogP) is 1.03. The second-order valence-corrected chi connectivity index (χ2v) is 5.85.